The normalized spacial score (nSPS) is 12.6. The Bertz CT molecular complexity index is 480. The molecule has 0 aliphatic rings. The number of aromatic nitrogens is 3. The second-order valence-electron chi connectivity index (χ2n) is 3.53. The lowest BCUT2D eigenvalue weighted by atomic mass is 10.3. The summed E-state index contributed by atoms with van der Waals surface area (Å²) >= 11 is 0. The van der Waals surface area contributed by atoms with Crippen molar-refractivity contribution in [1.29, 1.82) is 0 Å². The third kappa shape index (κ3) is 2.59. The fraction of sp³-hybridized carbons (Fsp3) is 0.364. The van der Waals surface area contributed by atoms with Crippen molar-refractivity contribution in [3.63, 3.8) is 0 Å². The Balaban J connectivity index is 2.20. The van der Waals surface area contributed by atoms with Crippen molar-refractivity contribution >= 4 is 5.82 Å². The van der Waals surface area contributed by atoms with Crippen LogP contribution in [-0.4, -0.2) is 21.7 Å². The Hall–Kier alpha value is -1.95. The van der Waals surface area contributed by atoms with Crippen LogP contribution in [0.5, 0.6) is 0 Å². The number of nitrogen functional groups attached to an aromatic ring is 1. The molecule has 0 spiro atoms. The lowest BCUT2D eigenvalue weighted by Crippen LogP contribution is -2.01. The van der Waals surface area contributed by atoms with Crippen LogP contribution in [0.2, 0.25) is 0 Å². The highest BCUT2D eigenvalue weighted by atomic mass is 16.5. The van der Waals surface area contributed by atoms with Crippen molar-refractivity contribution < 1.29 is 9.26 Å². The maximum atomic E-state index is 5.50. The minimum absolute atomic E-state index is 0.181. The first-order valence-electron chi connectivity index (χ1n) is 5.37. The van der Waals surface area contributed by atoms with Crippen LogP contribution in [0.25, 0.3) is 11.5 Å². The molecule has 0 amide bonds. The zero-order valence-electron chi connectivity index (χ0n) is 9.75. The number of rotatable bonds is 4. The van der Waals surface area contributed by atoms with Crippen molar-refractivity contribution in [3.05, 3.63) is 24.2 Å². The molecule has 17 heavy (non-hydrogen) atoms. The van der Waals surface area contributed by atoms with Crippen LogP contribution in [0.3, 0.4) is 0 Å². The number of ether oxygens (including phenoxy) is 1. The number of nitrogens with zero attached hydrogens (tertiary/aromatic N) is 3. The predicted octanol–water partition coefficient (Wildman–Crippen LogP) is 1.81. The first-order chi connectivity index (χ1) is 8.20. The Morgan fingerprint density at radius 2 is 2.29 bits per heavy atom. The molecule has 0 aliphatic carbocycles. The molecule has 0 aliphatic heterocycles. The number of pyridine rings is 1. The number of anilines is 1. The fourth-order valence-corrected chi connectivity index (χ4v) is 1.37. The van der Waals surface area contributed by atoms with Gasteiger partial charge >= 0.3 is 0 Å². The lowest BCUT2D eigenvalue weighted by Gasteiger charge is -2.04. The molecule has 2 rings (SSSR count). The van der Waals surface area contributed by atoms with E-state index in [4.69, 9.17) is 15.0 Å². The fourth-order valence-electron chi connectivity index (χ4n) is 1.37. The third-order valence-corrected chi connectivity index (χ3v) is 2.26. The summed E-state index contributed by atoms with van der Waals surface area (Å²) in [4.78, 5) is 8.21. The standard InChI is InChI=1S/C11H14N4O2/c1-3-16-7(2)10-14-11(17-15-10)8-4-5-9(12)13-6-8/h4-7H,3H2,1-2H3,(H2,12,13). The molecule has 0 saturated heterocycles. The van der Waals surface area contributed by atoms with Gasteiger partial charge in [0, 0.05) is 12.8 Å². The second kappa shape index (κ2) is 4.92. The quantitative estimate of drug-likeness (QED) is 0.868. The highest BCUT2D eigenvalue weighted by Crippen LogP contribution is 2.20. The van der Waals surface area contributed by atoms with Gasteiger partial charge in [0.15, 0.2) is 0 Å². The predicted molar refractivity (Wildman–Crippen MR) is 62.0 cm³/mol. The van der Waals surface area contributed by atoms with Gasteiger partial charge in [-0.2, -0.15) is 4.98 Å². The molecule has 0 radical (unpaired) electrons. The van der Waals surface area contributed by atoms with E-state index in [0.717, 1.165) is 5.56 Å². The van der Waals surface area contributed by atoms with E-state index in [0.29, 0.717) is 24.1 Å². The Morgan fingerprint density at radius 3 is 2.94 bits per heavy atom. The monoisotopic (exact) mass is 234 g/mol. The molecule has 90 valence electrons. The summed E-state index contributed by atoms with van der Waals surface area (Å²) in [5.41, 5.74) is 6.24. The minimum atomic E-state index is -0.181. The molecular weight excluding hydrogens is 220 g/mol. The average Bonchev–Trinajstić information content (AvgIpc) is 2.80. The topological polar surface area (TPSA) is 87.1 Å². The van der Waals surface area contributed by atoms with Gasteiger partial charge in [-0.05, 0) is 26.0 Å². The molecule has 0 saturated carbocycles. The largest absolute Gasteiger partial charge is 0.384 e. The van der Waals surface area contributed by atoms with Crippen molar-refractivity contribution in [1.82, 2.24) is 15.1 Å². The Morgan fingerprint density at radius 1 is 1.47 bits per heavy atom. The number of hydrogen-bond acceptors (Lipinski definition) is 6. The molecule has 0 fully saturated rings. The van der Waals surface area contributed by atoms with Crippen molar-refractivity contribution in [2.45, 2.75) is 20.0 Å². The van der Waals surface area contributed by atoms with E-state index in [1.165, 1.54) is 0 Å². The minimum Gasteiger partial charge on any atom is -0.384 e. The summed E-state index contributed by atoms with van der Waals surface area (Å²) in [6, 6.07) is 3.47. The van der Waals surface area contributed by atoms with E-state index in [1.807, 2.05) is 13.8 Å². The smallest absolute Gasteiger partial charge is 0.259 e. The van der Waals surface area contributed by atoms with Gasteiger partial charge in [0.05, 0.1) is 5.56 Å². The molecule has 2 aromatic rings. The van der Waals surface area contributed by atoms with Gasteiger partial charge in [-0.1, -0.05) is 5.16 Å². The summed E-state index contributed by atoms with van der Waals surface area (Å²) in [6.07, 6.45) is 1.41. The van der Waals surface area contributed by atoms with Crippen LogP contribution in [0.15, 0.2) is 22.9 Å². The lowest BCUT2D eigenvalue weighted by molar-refractivity contribution is 0.0683. The number of hydrogen-bond donors (Lipinski definition) is 1. The van der Waals surface area contributed by atoms with Crippen molar-refractivity contribution in [2.75, 3.05) is 12.3 Å². The summed E-state index contributed by atoms with van der Waals surface area (Å²) in [7, 11) is 0. The molecule has 6 nitrogen and oxygen atoms in total. The van der Waals surface area contributed by atoms with Crippen LogP contribution >= 0.6 is 0 Å². The maximum Gasteiger partial charge on any atom is 0.259 e. The summed E-state index contributed by atoms with van der Waals surface area (Å²) in [5.74, 6) is 1.40. The van der Waals surface area contributed by atoms with Crippen LogP contribution < -0.4 is 5.73 Å². The molecule has 2 N–H and O–H groups in total. The van der Waals surface area contributed by atoms with Gasteiger partial charge in [0.1, 0.15) is 11.9 Å². The molecule has 6 heteroatoms. The van der Waals surface area contributed by atoms with E-state index in [1.54, 1.807) is 18.3 Å². The van der Waals surface area contributed by atoms with Gasteiger partial charge in [-0.25, -0.2) is 4.98 Å². The molecule has 1 unspecified atom stereocenters. The molecule has 0 bridgehead atoms. The van der Waals surface area contributed by atoms with Crippen molar-refractivity contribution in [2.24, 2.45) is 0 Å². The van der Waals surface area contributed by atoms with Gasteiger partial charge < -0.3 is 15.0 Å². The van der Waals surface area contributed by atoms with Gasteiger partial charge in [0.2, 0.25) is 5.82 Å². The highest BCUT2D eigenvalue weighted by Gasteiger charge is 2.14. The first-order valence-corrected chi connectivity index (χ1v) is 5.37. The molecule has 0 aromatic carbocycles. The first kappa shape index (κ1) is 11.5. The van der Waals surface area contributed by atoms with Crippen molar-refractivity contribution in [3.8, 4) is 11.5 Å². The third-order valence-electron chi connectivity index (χ3n) is 2.26. The summed E-state index contributed by atoms with van der Waals surface area (Å²) in [6.45, 7) is 4.40. The number of nitrogens with two attached hydrogens (primary N) is 1. The van der Waals surface area contributed by atoms with Crippen LogP contribution in [0.1, 0.15) is 25.8 Å². The molecular formula is C11H14N4O2. The zero-order chi connectivity index (χ0) is 12.3. The Labute approximate surface area is 98.8 Å². The maximum absolute atomic E-state index is 5.50. The summed E-state index contributed by atoms with van der Waals surface area (Å²) in [5, 5.41) is 3.86. The van der Waals surface area contributed by atoms with Gasteiger partial charge in [-0.3, -0.25) is 0 Å². The van der Waals surface area contributed by atoms with Crippen LogP contribution in [0.4, 0.5) is 5.82 Å². The summed E-state index contributed by atoms with van der Waals surface area (Å²) < 4.78 is 10.5. The van der Waals surface area contributed by atoms with E-state index < -0.39 is 0 Å². The molecule has 2 aromatic heterocycles. The van der Waals surface area contributed by atoms with E-state index in [2.05, 4.69) is 15.1 Å². The highest BCUT2D eigenvalue weighted by molar-refractivity contribution is 5.53. The van der Waals surface area contributed by atoms with E-state index in [9.17, 15) is 0 Å². The average molecular weight is 234 g/mol. The second-order valence-corrected chi connectivity index (χ2v) is 3.53. The van der Waals surface area contributed by atoms with Crippen LogP contribution in [0, 0.1) is 0 Å². The Kier molecular flexibility index (Phi) is 3.34. The van der Waals surface area contributed by atoms with E-state index in [-0.39, 0.29) is 6.10 Å². The van der Waals surface area contributed by atoms with Gasteiger partial charge in [0.25, 0.3) is 5.89 Å². The SMILES string of the molecule is CCOC(C)c1noc(-c2ccc(N)nc2)n1. The zero-order valence-corrected chi connectivity index (χ0v) is 9.75. The molecule has 2 heterocycles. The van der Waals surface area contributed by atoms with E-state index >= 15 is 0 Å². The van der Waals surface area contributed by atoms with Gasteiger partial charge in [-0.15, -0.1) is 0 Å². The van der Waals surface area contributed by atoms with Crippen LogP contribution in [-0.2, 0) is 4.74 Å². The molecule has 1 atom stereocenters.